The maximum absolute atomic E-state index is 13.0. The van der Waals surface area contributed by atoms with Crippen molar-refractivity contribution in [2.45, 2.75) is 15.9 Å². The number of azo groups is 1. The van der Waals surface area contributed by atoms with Crippen LogP contribution < -0.4 is 10.9 Å². The summed E-state index contributed by atoms with van der Waals surface area (Å²) in [7, 11) is -8.91. The Balaban J connectivity index is 2.10. The van der Waals surface area contributed by atoms with Gasteiger partial charge in [0.15, 0.2) is 22.3 Å². The summed E-state index contributed by atoms with van der Waals surface area (Å²) in [4.78, 5) is 10.1. The van der Waals surface area contributed by atoms with Gasteiger partial charge in [-0.15, -0.1) is 5.11 Å². The molecule has 1 aliphatic rings. The maximum atomic E-state index is 13.0. The number of rotatable bonds is 7. The lowest BCUT2D eigenvalue weighted by molar-refractivity contribution is 0.205. The second kappa shape index (κ2) is 8.14. The molecule has 4 rings (SSSR count). The Bertz CT molecular complexity index is 1480. The van der Waals surface area contributed by atoms with E-state index in [4.69, 9.17) is 10.9 Å². The SMILES string of the molecule is NC[C@H](O)CS(=O)(=O)c1ccc(-c2cccc3[nH]cnc23)c(C2=NCN=N2)c1S(N)(=O)=O. The second-order valence-corrected chi connectivity index (χ2v) is 10.5. The van der Waals surface area contributed by atoms with Crippen LogP contribution in [0.5, 0.6) is 0 Å². The van der Waals surface area contributed by atoms with Gasteiger partial charge in [-0.05, 0) is 17.7 Å². The highest BCUT2D eigenvalue weighted by molar-refractivity contribution is 7.93. The van der Waals surface area contributed by atoms with Gasteiger partial charge in [-0.25, -0.2) is 32.0 Å². The van der Waals surface area contributed by atoms with Crippen LogP contribution >= 0.6 is 0 Å². The summed E-state index contributed by atoms with van der Waals surface area (Å²) in [5.74, 6) is -0.860. The lowest BCUT2D eigenvalue weighted by Crippen LogP contribution is -2.30. The molecule has 0 radical (unpaired) electrons. The first-order chi connectivity index (χ1) is 15.1. The molecule has 32 heavy (non-hydrogen) atoms. The van der Waals surface area contributed by atoms with Crippen LogP contribution in [0.1, 0.15) is 5.56 Å². The van der Waals surface area contributed by atoms with Crippen LogP contribution in [0, 0.1) is 0 Å². The van der Waals surface area contributed by atoms with Crippen molar-refractivity contribution in [1.29, 1.82) is 0 Å². The van der Waals surface area contributed by atoms with Gasteiger partial charge in [-0.2, -0.15) is 5.11 Å². The van der Waals surface area contributed by atoms with E-state index in [0.717, 1.165) is 6.07 Å². The van der Waals surface area contributed by atoms with E-state index >= 15 is 0 Å². The number of imidazole rings is 1. The van der Waals surface area contributed by atoms with Crippen LogP contribution in [0.15, 0.2) is 61.7 Å². The van der Waals surface area contributed by atoms with Crippen LogP contribution in [0.2, 0.25) is 0 Å². The molecule has 2 heterocycles. The summed E-state index contributed by atoms with van der Waals surface area (Å²) in [6.45, 7) is -0.370. The third-order valence-corrected chi connectivity index (χ3v) is 7.79. The summed E-state index contributed by atoms with van der Waals surface area (Å²) in [5.41, 5.74) is 7.27. The molecule has 1 atom stereocenters. The van der Waals surface area contributed by atoms with Crippen molar-refractivity contribution in [2.75, 3.05) is 19.0 Å². The minimum absolute atomic E-state index is 0.0473. The Morgan fingerprint density at radius 1 is 1.12 bits per heavy atom. The van der Waals surface area contributed by atoms with Gasteiger partial charge in [0.05, 0.1) is 39.7 Å². The van der Waals surface area contributed by atoms with E-state index in [1.807, 2.05) is 0 Å². The summed E-state index contributed by atoms with van der Waals surface area (Å²) in [6.07, 6.45) is 0.0895. The highest BCUT2D eigenvalue weighted by Crippen LogP contribution is 2.37. The van der Waals surface area contributed by atoms with E-state index in [1.54, 1.807) is 18.2 Å². The number of hydrogen-bond donors (Lipinski definition) is 4. The molecule has 1 aromatic heterocycles. The number of amidine groups is 1. The van der Waals surface area contributed by atoms with Crippen molar-refractivity contribution in [2.24, 2.45) is 26.1 Å². The number of nitrogens with two attached hydrogens (primary N) is 2. The minimum Gasteiger partial charge on any atom is -0.391 e. The van der Waals surface area contributed by atoms with E-state index in [1.165, 1.54) is 12.4 Å². The van der Waals surface area contributed by atoms with Crippen molar-refractivity contribution in [3.63, 3.8) is 0 Å². The second-order valence-electron chi connectivity index (χ2n) is 7.00. The standard InChI is InChI=1S/C18H19N7O5S2/c19-6-10(26)7-31(27,28)14-5-4-11(12-2-1-3-13-16(12)22-8-21-13)15(17(14)32(20,29)30)18-23-9-24-25-18/h1-5,8,10,26H,6-7,9,19H2,(H,21,22)(H2,20,29,30)/t10-/m0/s1. The van der Waals surface area contributed by atoms with Gasteiger partial charge in [0.25, 0.3) is 0 Å². The Hall–Kier alpha value is -3.04. The Morgan fingerprint density at radius 2 is 1.91 bits per heavy atom. The molecule has 6 N–H and O–H groups in total. The van der Waals surface area contributed by atoms with E-state index in [9.17, 15) is 21.9 Å². The zero-order chi connectivity index (χ0) is 23.1. The number of hydrogen-bond acceptors (Lipinski definition) is 10. The number of aliphatic hydroxyl groups excluding tert-OH is 1. The number of aromatic nitrogens is 2. The van der Waals surface area contributed by atoms with Gasteiger partial charge < -0.3 is 15.8 Å². The maximum Gasteiger partial charge on any atom is 0.240 e. The number of nitrogens with one attached hydrogen (secondary N) is 1. The molecule has 14 heteroatoms. The first kappa shape index (κ1) is 22.2. The fourth-order valence-electron chi connectivity index (χ4n) is 3.49. The van der Waals surface area contributed by atoms with Crippen LogP contribution in [-0.4, -0.2) is 62.8 Å². The van der Waals surface area contributed by atoms with Crippen LogP contribution in [-0.2, 0) is 19.9 Å². The van der Waals surface area contributed by atoms with Crippen molar-refractivity contribution in [1.82, 2.24) is 9.97 Å². The fraction of sp³-hybridized carbons (Fsp3) is 0.222. The predicted molar refractivity (Wildman–Crippen MR) is 116 cm³/mol. The topological polar surface area (TPSA) is 206 Å². The molecule has 0 unspecified atom stereocenters. The number of aliphatic imine (C=N–C) groups is 1. The third kappa shape index (κ3) is 3.93. The van der Waals surface area contributed by atoms with Crippen LogP contribution in [0.3, 0.4) is 0 Å². The van der Waals surface area contributed by atoms with Crippen molar-refractivity contribution in [3.8, 4) is 11.1 Å². The van der Waals surface area contributed by atoms with Gasteiger partial charge in [0.1, 0.15) is 4.90 Å². The van der Waals surface area contributed by atoms with Gasteiger partial charge in [0, 0.05) is 12.1 Å². The molecular weight excluding hydrogens is 458 g/mol. The number of fused-ring (bicyclic) bond motifs is 1. The molecule has 2 aromatic carbocycles. The lowest BCUT2D eigenvalue weighted by atomic mass is 9.97. The lowest BCUT2D eigenvalue weighted by Gasteiger charge is -2.18. The van der Waals surface area contributed by atoms with E-state index in [-0.39, 0.29) is 24.6 Å². The normalized spacial score (nSPS) is 15.3. The molecule has 0 amide bonds. The number of para-hydroxylation sites is 1. The molecule has 0 fully saturated rings. The molecule has 0 spiro atoms. The van der Waals surface area contributed by atoms with Gasteiger partial charge in [-0.1, -0.05) is 18.2 Å². The van der Waals surface area contributed by atoms with Crippen LogP contribution in [0.25, 0.3) is 22.2 Å². The predicted octanol–water partition coefficient (Wildman–Crippen LogP) is 0.141. The zero-order valence-corrected chi connectivity index (χ0v) is 18.1. The fourth-order valence-corrected chi connectivity index (χ4v) is 6.53. The van der Waals surface area contributed by atoms with E-state index < -0.39 is 41.5 Å². The van der Waals surface area contributed by atoms with Crippen LogP contribution in [0.4, 0.5) is 0 Å². The van der Waals surface area contributed by atoms with Gasteiger partial charge >= 0.3 is 0 Å². The number of primary sulfonamides is 1. The molecule has 0 saturated heterocycles. The highest BCUT2D eigenvalue weighted by Gasteiger charge is 2.33. The first-order valence-corrected chi connectivity index (χ1v) is 12.5. The number of aromatic amines is 1. The molecule has 12 nitrogen and oxygen atoms in total. The molecule has 0 saturated carbocycles. The Kier molecular flexibility index (Phi) is 5.64. The monoisotopic (exact) mass is 477 g/mol. The molecule has 0 bridgehead atoms. The number of nitrogens with zero attached hydrogens (tertiary/aromatic N) is 4. The summed E-state index contributed by atoms with van der Waals surface area (Å²) in [6, 6.07) is 7.79. The average Bonchev–Trinajstić information content (AvgIpc) is 3.43. The molecular formula is C18H19N7O5S2. The Morgan fingerprint density at radius 3 is 2.56 bits per heavy atom. The summed E-state index contributed by atoms with van der Waals surface area (Å²) < 4.78 is 51.4. The van der Waals surface area contributed by atoms with Crippen molar-refractivity contribution < 1.29 is 21.9 Å². The number of sulfonamides is 1. The van der Waals surface area contributed by atoms with Gasteiger partial charge in [-0.3, -0.25) is 0 Å². The van der Waals surface area contributed by atoms with E-state index in [0.29, 0.717) is 22.2 Å². The smallest absolute Gasteiger partial charge is 0.240 e. The molecule has 168 valence electrons. The Labute approximate surface area is 183 Å². The number of sulfone groups is 1. The molecule has 1 aliphatic heterocycles. The van der Waals surface area contributed by atoms with Crippen molar-refractivity contribution in [3.05, 3.63) is 42.2 Å². The molecule has 0 aliphatic carbocycles. The zero-order valence-electron chi connectivity index (χ0n) is 16.5. The number of H-pyrrole nitrogens is 1. The quantitative estimate of drug-likeness (QED) is 0.370. The third-order valence-electron chi connectivity index (χ3n) is 4.84. The summed E-state index contributed by atoms with van der Waals surface area (Å²) >= 11 is 0. The highest BCUT2D eigenvalue weighted by atomic mass is 32.2. The first-order valence-electron chi connectivity index (χ1n) is 9.29. The summed E-state index contributed by atoms with van der Waals surface area (Å²) in [5, 5.41) is 23.0. The van der Waals surface area contributed by atoms with Crippen molar-refractivity contribution >= 4 is 36.7 Å². The number of aliphatic hydroxyl groups is 1. The minimum atomic E-state index is -4.60. The number of benzene rings is 2. The van der Waals surface area contributed by atoms with E-state index in [2.05, 4.69) is 25.2 Å². The average molecular weight is 478 g/mol. The van der Waals surface area contributed by atoms with Gasteiger partial charge in [0.2, 0.25) is 10.0 Å². The molecule has 3 aromatic rings. The largest absolute Gasteiger partial charge is 0.391 e.